The van der Waals surface area contributed by atoms with E-state index >= 15 is 0 Å². The number of benzene rings is 2. The quantitative estimate of drug-likeness (QED) is 0.232. The summed E-state index contributed by atoms with van der Waals surface area (Å²) in [6.45, 7) is 2.54. The maximum absolute atomic E-state index is 12.3. The van der Waals surface area contributed by atoms with Crippen molar-refractivity contribution in [3.8, 4) is 22.8 Å². The second-order valence-corrected chi connectivity index (χ2v) is 7.75. The Bertz CT molecular complexity index is 1210. The zero-order valence-corrected chi connectivity index (χ0v) is 18.8. The van der Waals surface area contributed by atoms with Crippen molar-refractivity contribution in [2.75, 3.05) is 12.4 Å². The minimum Gasteiger partial charge on any atom is -0.494 e. The van der Waals surface area contributed by atoms with Crippen LogP contribution < -0.4 is 10.2 Å². The molecule has 2 heterocycles. The number of pyridine rings is 1. The fourth-order valence-corrected chi connectivity index (χ4v) is 3.77. The van der Waals surface area contributed by atoms with Crippen molar-refractivity contribution in [2.24, 2.45) is 5.10 Å². The predicted molar refractivity (Wildman–Crippen MR) is 129 cm³/mol. The van der Waals surface area contributed by atoms with Gasteiger partial charge in [0.1, 0.15) is 5.75 Å². The molecular formula is C24H22N6O2S. The monoisotopic (exact) mass is 458 g/mol. The highest BCUT2D eigenvalue weighted by molar-refractivity contribution is 7.99. The second-order valence-electron chi connectivity index (χ2n) is 6.80. The summed E-state index contributed by atoms with van der Waals surface area (Å²) < 4.78 is 7.49. The van der Waals surface area contributed by atoms with E-state index in [2.05, 4.69) is 25.7 Å². The van der Waals surface area contributed by atoms with Crippen LogP contribution in [-0.4, -0.2) is 44.2 Å². The fraction of sp³-hybridized carbons (Fsp3) is 0.125. The topological polar surface area (TPSA) is 94.3 Å². The predicted octanol–water partition coefficient (Wildman–Crippen LogP) is 3.97. The van der Waals surface area contributed by atoms with Crippen molar-refractivity contribution < 1.29 is 9.53 Å². The molecule has 4 rings (SSSR count). The van der Waals surface area contributed by atoms with Crippen LogP contribution in [0.5, 0.6) is 5.75 Å². The van der Waals surface area contributed by atoms with Crippen LogP contribution in [0.4, 0.5) is 0 Å². The number of carbonyl (C=O) groups is 1. The number of thioether (sulfide) groups is 1. The highest BCUT2D eigenvalue weighted by atomic mass is 32.2. The minimum atomic E-state index is -0.248. The molecule has 0 radical (unpaired) electrons. The first kappa shape index (κ1) is 22.2. The Morgan fingerprint density at radius 1 is 1.09 bits per heavy atom. The third-order valence-corrected chi connectivity index (χ3v) is 5.42. The number of hydrogen-bond donors (Lipinski definition) is 1. The SMILES string of the molecule is CCOc1ccc(-n2c(SCC(=O)NN=Cc3cccnc3)nnc2-c2ccccc2)cc1. The van der Waals surface area contributed by atoms with Crippen molar-refractivity contribution in [3.05, 3.63) is 84.7 Å². The van der Waals surface area contributed by atoms with Gasteiger partial charge in [-0.2, -0.15) is 5.10 Å². The molecule has 0 fully saturated rings. The molecule has 166 valence electrons. The van der Waals surface area contributed by atoms with Crippen molar-refractivity contribution in [2.45, 2.75) is 12.1 Å². The number of aromatic nitrogens is 4. The molecule has 9 heteroatoms. The van der Waals surface area contributed by atoms with Crippen LogP contribution in [0.3, 0.4) is 0 Å². The van der Waals surface area contributed by atoms with Gasteiger partial charge in [0.15, 0.2) is 11.0 Å². The van der Waals surface area contributed by atoms with Crippen LogP contribution in [-0.2, 0) is 4.79 Å². The van der Waals surface area contributed by atoms with E-state index in [0.717, 1.165) is 22.6 Å². The van der Waals surface area contributed by atoms with E-state index < -0.39 is 0 Å². The minimum absolute atomic E-state index is 0.133. The summed E-state index contributed by atoms with van der Waals surface area (Å²) >= 11 is 1.29. The number of hydrogen-bond acceptors (Lipinski definition) is 7. The number of nitrogens with zero attached hydrogens (tertiary/aromatic N) is 5. The van der Waals surface area contributed by atoms with E-state index in [1.165, 1.54) is 11.8 Å². The lowest BCUT2D eigenvalue weighted by atomic mass is 10.2. The number of rotatable bonds is 9. The van der Waals surface area contributed by atoms with E-state index in [1.807, 2.05) is 72.2 Å². The number of hydrazone groups is 1. The molecule has 8 nitrogen and oxygen atoms in total. The van der Waals surface area contributed by atoms with Crippen LogP contribution in [0.2, 0.25) is 0 Å². The Morgan fingerprint density at radius 2 is 1.91 bits per heavy atom. The Balaban J connectivity index is 1.52. The van der Waals surface area contributed by atoms with Gasteiger partial charge >= 0.3 is 0 Å². The average molecular weight is 459 g/mol. The first-order valence-corrected chi connectivity index (χ1v) is 11.3. The van der Waals surface area contributed by atoms with E-state index in [1.54, 1.807) is 24.7 Å². The van der Waals surface area contributed by atoms with Crippen LogP contribution in [0.15, 0.2) is 89.4 Å². The van der Waals surface area contributed by atoms with Crippen molar-refractivity contribution in [1.82, 2.24) is 25.2 Å². The average Bonchev–Trinajstić information content (AvgIpc) is 3.29. The van der Waals surface area contributed by atoms with Gasteiger partial charge in [-0.05, 0) is 37.3 Å². The molecule has 0 saturated heterocycles. The molecule has 0 unspecified atom stereocenters. The Labute approximate surface area is 195 Å². The van der Waals surface area contributed by atoms with Crippen molar-refractivity contribution in [1.29, 1.82) is 0 Å². The molecule has 0 saturated carbocycles. The van der Waals surface area contributed by atoms with Gasteiger partial charge in [-0.3, -0.25) is 14.3 Å². The lowest BCUT2D eigenvalue weighted by Crippen LogP contribution is -2.20. The van der Waals surface area contributed by atoms with Crippen LogP contribution >= 0.6 is 11.8 Å². The normalized spacial score (nSPS) is 10.9. The van der Waals surface area contributed by atoms with Crippen LogP contribution in [0.1, 0.15) is 12.5 Å². The molecule has 1 amide bonds. The molecule has 2 aromatic carbocycles. The smallest absolute Gasteiger partial charge is 0.250 e. The highest BCUT2D eigenvalue weighted by Gasteiger charge is 2.17. The molecule has 0 aliphatic rings. The molecule has 0 spiro atoms. The summed E-state index contributed by atoms with van der Waals surface area (Å²) in [5.74, 6) is 1.37. The Kier molecular flexibility index (Phi) is 7.44. The van der Waals surface area contributed by atoms with Gasteiger partial charge in [-0.25, -0.2) is 5.43 Å². The highest BCUT2D eigenvalue weighted by Crippen LogP contribution is 2.28. The molecule has 0 bridgehead atoms. The van der Waals surface area contributed by atoms with Crippen LogP contribution in [0, 0.1) is 0 Å². The van der Waals surface area contributed by atoms with E-state index in [4.69, 9.17) is 4.74 Å². The summed E-state index contributed by atoms with van der Waals surface area (Å²) in [5, 5.41) is 13.3. The standard InChI is InChI=1S/C24H22N6O2S/c1-2-32-21-12-10-20(11-13-21)30-23(19-8-4-3-5-9-19)28-29-24(30)33-17-22(31)27-26-16-18-7-6-14-25-15-18/h3-16H,2,17H2,1H3,(H,27,31). The summed E-state index contributed by atoms with van der Waals surface area (Å²) in [6.07, 6.45) is 4.89. The number of carbonyl (C=O) groups excluding carboxylic acids is 1. The van der Waals surface area contributed by atoms with Gasteiger partial charge in [0.25, 0.3) is 5.91 Å². The van der Waals surface area contributed by atoms with Gasteiger partial charge in [0.05, 0.1) is 18.6 Å². The first-order chi connectivity index (χ1) is 16.2. The van der Waals surface area contributed by atoms with Crippen molar-refractivity contribution in [3.63, 3.8) is 0 Å². The molecule has 0 atom stereocenters. The second kappa shape index (κ2) is 11.1. The summed E-state index contributed by atoms with van der Waals surface area (Å²) in [5.41, 5.74) is 5.13. The fourth-order valence-electron chi connectivity index (χ4n) is 3.02. The molecular weight excluding hydrogens is 436 g/mol. The largest absolute Gasteiger partial charge is 0.494 e. The van der Waals surface area contributed by atoms with Gasteiger partial charge in [0.2, 0.25) is 0 Å². The van der Waals surface area contributed by atoms with Gasteiger partial charge < -0.3 is 4.74 Å². The third kappa shape index (κ3) is 5.83. The first-order valence-electron chi connectivity index (χ1n) is 10.3. The zero-order valence-electron chi connectivity index (χ0n) is 18.0. The molecule has 4 aromatic rings. The van der Waals surface area contributed by atoms with E-state index in [9.17, 15) is 4.79 Å². The summed E-state index contributed by atoms with van der Waals surface area (Å²) in [4.78, 5) is 16.3. The van der Waals surface area contributed by atoms with E-state index in [0.29, 0.717) is 17.6 Å². The number of amides is 1. The maximum atomic E-state index is 12.3. The zero-order chi connectivity index (χ0) is 22.9. The molecule has 0 aliphatic carbocycles. The van der Waals surface area contributed by atoms with Gasteiger partial charge in [-0.15, -0.1) is 10.2 Å². The molecule has 2 aromatic heterocycles. The van der Waals surface area contributed by atoms with Gasteiger partial charge in [0, 0.05) is 29.2 Å². The third-order valence-electron chi connectivity index (χ3n) is 4.49. The number of nitrogens with one attached hydrogen (secondary N) is 1. The van der Waals surface area contributed by atoms with Crippen LogP contribution in [0.25, 0.3) is 17.1 Å². The maximum Gasteiger partial charge on any atom is 0.250 e. The van der Waals surface area contributed by atoms with Gasteiger partial charge in [-0.1, -0.05) is 48.2 Å². The Morgan fingerprint density at radius 3 is 2.64 bits per heavy atom. The molecule has 1 N–H and O–H groups in total. The van der Waals surface area contributed by atoms with E-state index in [-0.39, 0.29) is 11.7 Å². The molecule has 33 heavy (non-hydrogen) atoms. The molecule has 0 aliphatic heterocycles. The number of ether oxygens (including phenoxy) is 1. The summed E-state index contributed by atoms with van der Waals surface area (Å²) in [6, 6.07) is 21.2. The lowest BCUT2D eigenvalue weighted by molar-refractivity contribution is -0.118. The van der Waals surface area contributed by atoms with Crippen molar-refractivity contribution >= 4 is 23.9 Å². The summed E-state index contributed by atoms with van der Waals surface area (Å²) in [7, 11) is 0. The Hall–Kier alpha value is -3.98. The lowest BCUT2D eigenvalue weighted by Gasteiger charge is -2.11.